The monoisotopic (exact) mass is 504 g/mol. The quantitative estimate of drug-likeness (QED) is 0.115. The first-order valence-electron chi connectivity index (χ1n) is 14.6. The van der Waals surface area contributed by atoms with Gasteiger partial charge < -0.3 is 14.7 Å². The zero-order valence-corrected chi connectivity index (χ0v) is 23.7. The lowest BCUT2D eigenvalue weighted by atomic mass is 10.0. The Kier molecular flexibility index (Phi) is 19.9. The molecule has 1 atom stereocenters. The van der Waals surface area contributed by atoms with E-state index in [4.69, 9.17) is 9.05 Å². The highest BCUT2D eigenvalue weighted by Crippen LogP contribution is 2.43. The van der Waals surface area contributed by atoms with Crippen molar-refractivity contribution in [2.75, 3.05) is 45.9 Å². The van der Waals surface area contributed by atoms with Crippen molar-refractivity contribution in [1.29, 1.82) is 0 Å². The summed E-state index contributed by atoms with van der Waals surface area (Å²) in [7, 11) is -3.92. The summed E-state index contributed by atoms with van der Waals surface area (Å²) in [4.78, 5) is 15.1. The average Bonchev–Trinajstić information content (AvgIpc) is 2.83. The van der Waals surface area contributed by atoms with Gasteiger partial charge in [-0.15, -0.1) is 0 Å². The smallest absolute Gasteiger partial charge is 0.302 e. The standard InChI is InChI=1S/C27H57N2O4P/c1-4-7-10-12-13-14-17-25-32-34(30,31)33-26-24-28-22-18-27(19-23-28)29(20-15-9-6-3)21-16-11-8-5-2/h27H,4-26H2,1-3H3,(H,30,31). The molecule has 1 aliphatic rings. The molecule has 0 saturated carbocycles. The highest BCUT2D eigenvalue weighted by atomic mass is 31.2. The van der Waals surface area contributed by atoms with Crippen molar-refractivity contribution < 1.29 is 18.5 Å². The summed E-state index contributed by atoms with van der Waals surface area (Å²) in [6, 6.07) is 0.685. The van der Waals surface area contributed by atoms with Crippen LogP contribution in [0.3, 0.4) is 0 Å². The molecule has 1 saturated heterocycles. The topological polar surface area (TPSA) is 62.2 Å². The van der Waals surface area contributed by atoms with Crippen LogP contribution in [0.1, 0.15) is 124 Å². The molecule has 0 aromatic rings. The summed E-state index contributed by atoms with van der Waals surface area (Å²) in [5.41, 5.74) is 0. The number of nitrogens with zero attached hydrogens (tertiary/aromatic N) is 2. The fourth-order valence-corrected chi connectivity index (χ4v) is 5.60. The van der Waals surface area contributed by atoms with E-state index >= 15 is 0 Å². The van der Waals surface area contributed by atoms with Gasteiger partial charge in [0.2, 0.25) is 0 Å². The van der Waals surface area contributed by atoms with Gasteiger partial charge in [-0.3, -0.25) is 9.05 Å². The lowest BCUT2D eigenvalue weighted by Gasteiger charge is -2.38. The lowest BCUT2D eigenvalue weighted by molar-refractivity contribution is 0.0860. The summed E-state index contributed by atoms with van der Waals surface area (Å²) >= 11 is 0. The van der Waals surface area contributed by atoms with E-state index in [1.807, 2.05) is 0 Å². The van der Waals surface area contributed by atoms with E-state index in [-0.39, 0.29) is 6.61 Å². The predicted molar refractivity (Wildman–Crippen MR) is 144 cm³/mol. The van der Waals surface area contributed by atoms with Gasteiger partial charge in [-0.2, -0.15) is 0 Å². The van der Waals surface area contributed by atoms with Gasteiger partial charge in [-0.1, -0.05) is 91.4 Å². The summed E-state index contributed by atoms with van der Waals surface area (Å²) in [5, 5.41) is 0. The van der Waals surface area contributed by atoms with Crippen LogP contribution in [0.25, 0.3) is 0 Å². The number of hydrogen-bond acceptors (Lipinski definition) is 5. The van der Waals surface area contributed by atoms with Crippen LogP contribution in [-0.2, 0) is 13.6 Å². The Balaban J connectivity index is 2.19. The molecular weight excluding hydrogens is 447 g/mol. The zero-order valence-electron chi connectivity index (χ0n) is 22.9. The van der Waals surface area contributed by atoms with E-state index in [2.05, 4.69) is 30.6 Å². The third kappa shape index (κ3) is 16.7. The minimum atomic E-state index is -3.92. The first kappa shape index (κ1) is 32.1. The molecule has 7 heteroatoms. The molecule has 1 heterocycles. The molecule has 0 aliphatic carbocycles. The van der Waals surface area contributed by atoms with Crippen molar-refractivity contribution in [1.82, 2.24) is 9.80 Å². The van der Waals surface area contributed by atoms with Crippen molar-refractivity contribution in [2.24, 2.45) is 0 Å². The number of phosphoric ester groups is 1. The van der Waals surface area contributed by atoms with Crippen molar-refractivity contribution >= 4 is 7.82 Å². The highest BCUT2D eigenvalue weighted by molar-refractivity contribution is 7.47. The normalized spacial score (nSPS) is 17.4. The maximum absolute atomic E-state index is 12.1. The fourth-order valence-electron chi connectivity index (χ4n) is 4.85. The van der Waals surface area contributed by atoms with Gasteiger partial charge in [-0.25, -0.2) is 4.57 Å². The molecule has 0 bridgehead atoms. The molecule has 1 fully saturated rings. The summed E-state index contributed by atoms with van der Waals surface area (Å²) in [5.74, 6) is 0. The molecule has 0 spiro atoms. The van der Waals surface area contributed by atoms with Gasteiger partial charge in [0.05, 0.1) is 13.2 Å². The van der Waals surface area contributed by atoms with Crippen molar-refractivity contribution in [3.63, 3.8) is 0 Å². The molecular formula is C27H57N2O4P. The molecule has 1 N–H and O–H groups in total. The van der Waals surface area contributed by atoms with Gasteiger partial charge in [0.25, 0.3) is 0 Å². The first-order chi connectivity index (χ1) is 16.5. The fraction of sp³-hybridized carbons (Fsp3) is 1.00. The van der Waals surface area contributed by atoms with Crippen molar-refractivity contribution in [3.05, 3.63) is 0 Å². The number of hydrogen-bond donors (Lipinski definition) is 1. The molecule has 0 aromatic carbocycles. The van der Waals surface area contributed by atoms with Gasteiger partial charge in [0.15, 0.2) is 0 Å². The molecule has 1 rings (SSSR count). The first-order valence-corrected chi connectivity index (χ1v) is 16.1. The van der Waals surface area contributed by atoms with Crippen molar-refractivity contribution in [3.8, 4) is 0 Å². The summed E-state index contributed by atoms with van der Waals surface area (Å²) < 4.78 is 22.5. The number of rotatable bonds is 23. The molecule has 1 unspecified atom stereocenters. The molecule has 0 radical (unpaired) electrons. The number of piperidine rings is 1. The Bertz CT molecular complexity index is 501. The minimum absolute atomic E-state index is 0.257. The molecule has 0 amide bonds. The molecule has 34 heavy (non-hydrogen) atoms. The molecule has 0 aromatic heterocycles. The minimum Gasteiger partial charge on any atom is -0.302 e. The second-order valence-corrected chi connectivity index (χ2v) is 11.6. The van der Waals surface area contributed by atoms with Gasteiger partial charge in [-0.05, 0) is 58.3 Å². The van der Waals surface area contributed by atoms with Crippen LogP contribution in [0.5, 0.6) is 0 Å². The van der Waals surface area contributed by atoms with Crippen LogP contribution < -0.4 is 0 Å². The lowest BCUT2D eigenvalue weighted by Crippen LogP contribution is -2.46. The van der Waals surface area contributed by atoms with E-state index in [1.54, 1.807) is 0 Å². The Morgan fingerprint density at radius 1 is 0.735 bits per heavy atom. The second kappa shape index (κ2) is 21.1. The van der Waals surface area contributed by atoms with Crippen LogP contribution in [0.4, 0.5) is 0 Å². The Morgan fingerprint density at radius 3 is 1.82 bits per heavy atom. The van der Waals surface area contributed by atoms with E-state index < -0.39 is 7.82 Å². The maximum atomic E-state index is 12.1. The third-order valence-corrected chi connectivity index (χ3v) is 8.10. The maximum Gasteiger partial charge on any atom is 0.472 e. The van der Waals surface area contributed by atoms with E-state index in [9.17, 15) is 9.46 Å². The number of likely N-dealkylation sites (tertiary alicyclic amines) is 1. The van der Waals surface area contributed by atoms with Gasteiger partial charge in [0.1, 0.15) is 0 Å². The average molecular weight is 505 g/mol. The summed E-state index contributed by atoms with van der Waals surface area (Å²) in [6.07, 6.45) is 19.7. The summed E-state index contributed by atoms with van der Waals surface area (Å²) in [6.45, 7) is 12.6. The highest BCUT2D eigenvalue weighted by Gasteiger charge is 2.25. The Morgan fingerprint density at radius 2 is 1.21 bits per heavy atom. The van der Waals surface area contributed by atoms with Crippen LogP contribution in [0.15, 0.2) is 0 Å². The largest absolute Gasteiger partial charge is 0.472 e. The van der Waals surface area contributed by atoms with E-state index in [0.717, 1.165) is 25.9 Å². The SMILES string of the molecule is CCCCCCCCCOP(=O)(O)OCCN1CCC(N(CCCCC)CCCCCC)CC1. The van der Waals surface area contributed by atoms with Crippen LogP contribution in [-0.4, -0.2) is 66.7 Å². The third-order valence-electron chi connectivity index (χ3n) is 7.09. The van der Waals surface area contributed by atoms with Crippen LogP contribution in [0.2, 0.25) is 0 Å². The van der Waals surface area contributed by atoms with Crippen LogP contribution in [0, 0.1) is 0 Å². The molecule has 6 nitrogen and oxygen atoms in total. The Hall–Kier alpha value is 0.0300. The van der Waals surface area contributed by atoms with Gasteiger partial charge in [0, 0.05) is 12.6 Å². The zero-order chi connectivity index (χ0) is 24.9. The number of unbranched alkanes of at least 4 members (excludes halogenated alkanes) is 11. The number of phosphoric acid groups is 1. The van der Waals surface area contributed by atoms with Crippen LogP contribution >= 0.6 is 7.82 Å². The van der Waals surface area contributed by atoms with E-state index in [0.29, 0.717) is 19.2 Å². The molecule has 1 aliphatic heterocycles. The Labute approximate surface area is 211 Å². The molecule has 204 valence electrons. The second-order valence-electron chi connectivity index (χ2n) is 10.1. The van der Waals surface area contributed by atoms with Gasteiger partial charge >= 0.3 is 7.82 Å². The van der Waals surface area contributed by atoms with E-state index in [1.165, 1.54) is 103 Å². The predicted octanol–water partition coefficient (Wildman–Crippen LogP) is 7.41. The van der Waals surface area contributed by atoms with Crippen molar-refractivity contribution in [2.45, 2.75) is 130 Å².